The summed E-state index contributed by atoms with van der Waals surface area (Å²) >= 11 is 7.44. The lowest BCUT2D eigenvalue weighted by Crippen LogP contribution is -2.39. The zero-order chi connectivity index (χ0) is 23.3. The zero-order valence-corrected chi connectivity index (χ0v) is 20.4. The van der Waals surface area contributed by atoms with Gasteiger partial charge in [0.15, 0.2) is 0 Å². The van der Waals surface area contributed by atoms with Crippen molar-refractivity contribution in [3.05, 3.63) is 86.1 Å². The number of thiophene rings is 1. The molecule has 6 nitrogen and oxygen atoms in total. The van der Waals surface area contributed by atoms with Gasteiger partial charge in [-0.3, -0.25) is 4.79 Å². The van der Waals surface area contributed by atoms with Crippen molar-refractivity contribution in [2.45, 2.75) is 32.2 Å². The molecule has 1 amide bonds. The standard InChI is InChI=1S/C23H24ClN3O3S2/c1-16-11-17(2)23(18(3)12-16)32(29,30)27(14-19-6-8-20(24)9-7-19)15-22(28)26-25-13-21-5-4-10-31-21/h4-13H,14-15H2,1-3H3,(H,26,28)/b25-13+. The number of sulfonamides is 1. The molecule has 0 aliphatic rings. The summed E-state index contributed by atoms with van der Waals surface area (Å²) in [5.74, 6) is -0.530. The first-order chi connectivity index (χ1) is 15.2. The van der Waals surface area contributed by atoms with E-state index in [1.54, 1.807) is 38.1 Å². The molecule has 1 aromatic heterocycles. The molecule has 0 aliphatic heterocycles. The molecule has 0 atom stereocenters. The number of nitrogens with one attached hydrogen (secondary N) is 1. The summed E-state index contributed by atoms with van der Waals surface area (Å²) in [4.78, 5) is 13.7. The second-order valence-corrected chi connectivity index (χ2v) is 10.7. The Morgan fingerprint density at radius 3 is 2.38 bits per heavy atom. The molecule has 1 N–H and O–H groups in total. The minimum absolute atomic E-state index is 0.0221. The average molecular weight is 490 g/mol. The second kappa shape index (κ2) is 10.4. The summed E-state index contributed by atoms with van der Waals surface area (Å²) in [5.41, 5.74) is 5.39. The van der Waals surface area contributed by atoms with E-state index in [0.717, 1.165) is 20.3 Å². The molecule has 168 valence electrons. The quantitative estimate of drug-likeness (QED) is 0.369. The Morgan fingerprint density at radius 2 is 1.78 bits per heavy atom. The number of hydrogen-bond donors (Lipinski definition) is 1. The van der Waals surface area contributed by atoms with E-state index in [9.17, 15) is 13.2 Å². The van der Waals surface area contributed by atoms with Crippen LogP contribution >= 0.6 is 22.9 Å². The number of rotatable bonds is 8. The molecule has 0 fully saturated rings. The highest BCUT2D eigenvalue weighted by Gasteiger charge is 2.30. The smallest absolute Gasteiger partial charge is 0.255 e. The Bertz CT molecular complexity index is 1200. The molecule has 2 aromatic carbocycles. The van der Waals surface area contributed by atoms with Crippen LogP contribution in [-0.4, -0.2) is 31.4 Å². The molecular weight excluding hydrogens is 466 g/mol. The van der Waals surface area contributed by atoms with E-state index < -0.39 is 15.9 Å². The number of carbonyl (C=O) groups is 1. The van der Waals surface area contributed by atoms with Crippen LogP contribution in [0.2, 0.25) is 5.02 Å². The van der Waals surface area contributed by atoms with Crippen LogP contribution in [-0.2, 0) is 21.4 Å². The van der Waals surface area contributed by atoms with Crippen LogP contribution in [0.3, 0.4) is 0 Å². The Morgan fingerprint density at radius 1 is 1.12 bits per heavy atom. The Balaban J connectivity index is 1.89. The lowest BCUT2D eigenvalue weighted by Gasteiger charge is -2.24. The van der Waals surface area contributed by atoms with Crippen molar-refractivity contribution in [2.75, 3.05) is 6.54 Å². The first-order valence-corrected chi connectivity index (χ1v) is 12.5. The van der Waals surface area contributed by atoms with E-state index >= 15 is 0 Å². The molecule has 9 heteroatoms. The van der Waals surface area contributed by atoms with Crippen molar-refractivity contribution in [1.82, 2.24) is 9.73 Å². The summed E-state index contributed by atoms with van der Waals surface area (Å²) < 4.78 is 28.4. The number of hydrazone groups is 1. The van der Waals surface area contributed by atoms with Gasteiger partial charge in [0.2, 0.25) is 10.0 Å². The van der Waals surface area contributed by atoms with Gasteiger partial charge in [-0.2, -0.15) is 9.41 Å². The molecule has 0 bridgehead atoms. The molecular formula is C23H24ClN3O3S2. The van der Waals surface area contributed by atoms with E-state index in [0.29, 0.717) is 16.1 Å². The predicted octanol–water partition coefficient (Wildman–Crippen LogP) is 4.67. The first kappa shape index (κ1) is 24.1. The normalized spacial score (nSPS) is 11.9. The monoisotopic (exact) mass is 489 g/mol. The third-order valence-electron chi connectivity index (χ3n) is 4.72. The van der Waals surface area contributed by atoms with Crippen molar-refractivity contribution in [1.29, 1.82) is 0 Å². The van der Waals surface area contributed by atoms with Crippen molar-refractivity contribution >= 4 is 45.1 Å². The minimum atomic E-state index is -3.96. The summed E-state index contributed by atoms with van der Waals surface area (Å²) in [6.07, 6.45) is 1.52. The fourth-order valence-corrected chi connectivity index (χ4v) is 5.96. The van der Waals surface area contributed by atoms with Gasteiger partial charge >= 0.3 is 0 Å². The van der Waals surface area contributed by atoms with Gasteiger partial charge in [0.25, 0.3) is 5.91 Å². The predicted molar refractivity (Wildman–Crippen MR) is 130 cm³/mol. The Kier molecular flexibility index (Phi) is 7.84. The van der Waals surface area contributed by atoms with E-state index in [1.165, 1.54) is 17.6 Å². The molecule has 0 spiro atoms. The summed E-state index contributed by atoms with van der Waals surface area (Å²) in [6, 6.07) is 14.3. The lowest BCUT2D eigenvalue weighted by atomic mass is 10.1. The highest BCUT2D eigenvalue weighted by molar-refractivity contribution is 7.89. The van der Waals surface area contributed by atoms with E-state index in [4.69, 9.17) is 11.6 Å². The SMILES string of the molecule is Cc1cc(C)c(S(=O)(=O)N(CC(=O)N/N=C/c2cccs2)Cc2ccc(Cl)cc2)c(C)c1. The van der Waals surface area contributed by atoms with Gasteiger partial charge in [0.1, 0.15) is 0 Å². The fourth-order valence-electron chi connectivity index (χ4n) is 3.45. The van der Waals surface area contributed by atoms with Crippen LogP contribution < -0.4 is 5.43 Å². The highest BCUT2D eigenvalue weighted by atomic mass is 35.5. The van der Waals surface area contributed by atoms with Crippen LogP contribution in [0.15, 0.2) is 63.9 Å². The number of halogens is 1. The van der Waals surface area contributed by atoms with Gasteiger partial charge in [-0.15, -0.1) is 11.3 Å². The molecule has 0 aliphatic carbocycles. The van der Waals surface area contributed by atoms with Gasteiger partial charge in [-0.1, -0.05) is 47.5 Å². The Labute approximate surface area is 197 Å². The van der Waals surface area contributed by atoms with Crippen molar-refractivity contribution in [3.8, 4) is 0 Å². The summed E-state index contributed by atoms with van der Waals surface area (Å²) in [6.45, 7) is 5.09. The van der Waals surface area contributed by atoms with Crippen LogP contribution in [0.5, 0.6) is 0 Å². The van der Waals surface area contributed by atoms with Gasteiger partial charge in [-0.05, 0) is 61.0 Å². The van der Waals surface area contributed by atoms with Crippen LogP contribution in [0.25, 0.3) is 0 Å². The maximum atomic E-state index is 13.6. The average Bonchev–Trinajstić information content (AvgIpc) is 3.21. The van der Waals surface area contributed by atoms with Crippen molar-refractivity contribution in [2.24, 2.45) is 5.10 Å². The van der Waals surface area contributed by atoms with Gasteiger partial charge in [0, 0.05) is 16.4 Å². The van der Waals surface area contributed by atoms with E-state index in [-0.39, 0.29) is 18.0 Å². The summed E-state index contributed by atoms with van der Waals surface area (Å²) in [7, 11) is -3.96. The van der Waals surface area contributed by atoms with E-state index in [2.05, 4.69) is 10.5 Å². The van der Waals surface area contributed by atoms with Crippen LogP contribution in [0, 0.1) is 20.8 Å². The van der Waals surface area contributed by atoms with Gasteiger partial charge in [0.05, 0.1) is 17.7 Å². The number of hydrogen-bond acceptors (Lipinski definition) is 5. The van der Waals surface area contributed by atoms with Crippen LogP contribution in [0.4, 0.5) is 0 Å². The van der Waals surface area contributed by atoms with Gasteiger partial charge < -0.3 is 0 Å². The molecule has 0 saturated carbocycles. The highest BCUT2D eigenvalue weighted by Crippen LogP contribution is 2.26. The molecule has 1 heterocycles. The van der Waals surface area contributed by atoms with Crippen molar-refractivity contribution in [3.63, 3.8) is 0 Å². The molecule has 0 unspecified atom stereocenters. The first-order valence-electron chi connectivity index (χ1n) is 9.84. The Hall–Kier alpha value is -2.52. The lowest BCUT2D eigenvalue weighted by molar-refractivity contribution is -0.121. The summed E-state index contributed by atoms with van der Waals surface area (Å²) in [5, 5.41) is 6.38. The maximum Gasteiger partial charge on any atom is 0.255 e. The number of nitrogens with zero attached hydrogens (tertiary/aromatic N) is 2. The maximum absolute atomic E-state index is 13.6. The van der Waals surface area contributed by atoms with Crippen LogP contribution in [0.1, 0.15) is 27.1 Å². The third kappa shape index (κ3) is 6.04. The minimum Gasteiger partial charge on any atom is -0.272 e. The largest absolute Gasteiger partial charge is 0.272 e. The number of benzene rings is 2. The molecule has 3 aromatic rings. The number of carbonyl (C=O) groups excluding carboxylic acids is 1. The van der Waals surface area contributed by atoms with Gasteiger partial charge in [-0.25, -0.2) is 13.8 Å². The number of amides is 1. The second-order valence-electron chi connectivity index (χ2n) is 7.44. The zero-order valence-electron chi connectivity index (χ0n) is 18.0. The number of aryl methyl sites for hydroxylation is 3. The molecule has 0 radical (unpaired) electrons. The topological polar surface area (TPSA) is 78.8 Å². The van der Waals surface area contributed by atoms with E-state index in [1.807, 2.05) is 36.6 Å². The third-order valence-corrected chi connectivity index (χ3v) is 7.88. The molecule has 32 heavy (non-hydrogen) atoms. The van der Waals surface area contributed by atoms with Crippen molar-refractivity contribution < 1.29 is 13.2 Å². The molecule has 3 rings (SSSR count). The fraction of sp³-hybridized carbons (Fsp3) is 0.217. The molecule has 0 saturated heterocycles.